The summed E-state index contributed by atoms with van der Waals surface area (Å²) in [6.07, 6.45) is 1.78. The zero-order valence-electron chi connectivity index (χ0n) is 10.7. The molecule has 1 aliphatic rings. The van der Waals surface area contributed by atoms with Crippen molar-refractivity contribution in [1.29, 1.82) is 0 Å². The van der Waals surface area contributed by atoms with E-state index in [-0.39, 0.29) is 0 Å². The molecule has 1 unspecified atom stereocenters. The summed E-state index contributed by atoms with van der Waals surface area (Å²) >= 11 is 0. The summed E-state index contributed by atoms with van der Waals surface area (Å²) in [5.74, 6) is 1.17. The molecule has 94 valence electrons. The molecular formula is C14H17N3O. The molecule has 4 nitrogen and oxygen atoms in total. The first kappa shape index (κ1) is 11.3. The summed E-state index contributed by atoms with van der Waals surface area (Å²) in [5, 5.41) is 7.76. The third kappa shape index (κ3) is 1.69. The minimum atomic E-state index is 0.303. The molecule has 0 bridgehead atoms. The Labute approximate surface area is 107 Å². The van der Waals surface area contributed by atoms with Gasteiger partial charge in [-0.05, 0) is 11.1 Å². The number of hydrogen-bond donors (Lipinski definition) is 1. The van der Waals surface area contributed by atoms with Crippen LogP contribution in [0, 0.1) is 0 Å². The minimum absolute atomic E-state index is 0.303. The van der Waals surface area contributed by atoms with Gasteiger partial charge in [-0.2, -0.15) is 5.10 Å². The molecule has 0 aliphatic carbocycles. The molecule has 2 aromatic rings. The highest BCUT2D eigenvalue weighted by atomic mass is 16.5. The van der Waals surface area contributed by atoms with Gasteiger partial charge in [0.05, 0.1) is 19.0 Å². The van der Waals surface area contributed by atoms with E-state index >= 15 is 0 Å². The lowest BCUT2D eigenvalue weighted by molar-refractivity contribution is 0.402. The molecule has 0 radical (unpaired) electrons. The fourth-order valence-electron chi connectivity index (χ4n) is 2.72. The molecule has 1 aromatic carbocycles. The Morgan fingerprint density at radius 1 is 1.39 bits per heavy atom. The second-order valence-electron chi connectivity index (χ2n) is 4.60. The number of methoxy groups -OCH3 is 1. The number of nitrogens with zero attached hydrogens (tertiary/aromatic N) is 2. The van der Waals surface area contributed by atoms with Gasteiger partial charge in [-0.3, -0.25) is 4.68 Å². The second-order valence-corrected chi connectivity index (χ2v) is 4.60. The molecule has 3 rings (SSSR count). The lowest BCUT2D eigenvalue weighted by atomic mass is 9.88. The SMILES string of the molecule is COc1cnn(C)c1C1CNCc2ccccc21. The Balaban J connectivity index is 2.11. The molecule has 18 heavy (non-hydrogen) atoms. The van der Waals surface area contributed by atoms with E-state index in [1.54, 1.807) is 13.3 Å². The van der Waals surface area contributed by atoms with E-state index in [2.05, 4.69) is 34.7 Å². The van der Waals surface area contributed by atoms with Gasteiger partial charge in [0.25, 0.3) is 0 Å². The van der Waals surface area contributed by atoms with Gasteiger partial charge in [0, 0.05) is 26.1 Å². The summed E-state index contributed by atoms with van der Waals surface area (Å²) in [5.41, 5.74) is 3.87. The Kier molecular flexibility index (Phi) is 2.80. The molecule has 1 aliphatic heterocycles. The van der Waals surface area contributed by atoms with Crippen LogP contribution in [-0.4, -0.2) is 23.4 Å². The highest BCUT2D eigenvalue weighted by Crippen LogP contribution is 2.34. The number of aromatic nitrogens is 2. The van der Waals surface area contributed by atoms with Crippen molar-refractivity contribution in [2.45, 2.75) is 12.5 Å². The van der Waals surface area contributed by atoms with Crippen molar-refractivity contribution in [3.05, 3.63) is 47.3 Å². The monoisotopic (exact) mass is 243 g/mol. The molecule has 0 saturated heterocycles. The Morgan fingerprint density at radius 3 is 3.06 bits per heavy atom. The number of nitrogens with one attached hydrogen (secondary N) is 1. The molecule has 0 amide bonds. The Bertz CT molecular complexity index is 562. The normalized spacial score (nSPS) is 18.4. The smallest absolute Gasteiger partial charge is 0.160 e. The lowest BCUT2D eigenvalue weighted by Crippen LogP contribution is -2.30. The van der Waals surface area contributed by atoms with Gasteiger partial charge in [-0.1, -0.05) is 24.3 Å². The maximum atomic E-state index is 5.42. The molecule has 1 aromatic heterocycles. The third-order valence-electron chi connectivity index (χ3n) is 3.59. The average molecular weight is 243 g/mol. The quantitative estimate of drug-likeness (QED) is 0.872. The van der Waals surface area contributed by atoms with Crippen LogP contribution in [0.15, 0.2) is 30.5 Å². The number of rotatable bonds is 2. The first-order valence-electron chi connectivity index (χ1n) is 6.15. The van der Waals surface area contributed by atoms with Crippen molar-refractivity contribution in [2.75, 3.05) is 13.7 Å². The first-order valence-corrected chi connectivity index (χ1v) is 6.15. The zero-order chi connectivity index (χ0) is 12.5. The first-order chi connectivity index (χ1) is 8.81. The van der Waals surface area contributed by atoms with Crippen LogP contribution in [0.5, 0.6) is 5.75 Å². The highest BCUT2D eigenvalue weighted by molar-refractivity contribution is 5.42. The molecule has 1 N–H and O–H groups in total. The number of aryl methyl sites for hydroxylation is 1. The maximum Gasteiger partial charge on any atom is 0.160 e. The summed E-state index contributed by atoms with van der Waals surface area (Å²) in [7, 11) is 3.66. The van der Waals surface area contributed by atoms with Crippen molar-refractivity contribution in [3.63, 3.8) is 0 Å². The van der Waals surface area contributed by atoms with Gasteiger partial charge < -0.3 is 10.1 Å². The van der Waals surface area contributed by atoms with Crippen LogP contribution in [0.1, 0.15) is 22.7 Å². The fourth-order valence-corrected chi connectivity index (χ4v) is 2.72. The van der Waals surface area contributed by atoms with Crippen LogP contribution in [-0.2, 0) is 13.6 Å². The van der Waals surface area contributed by atoms with Crippen molar-refractivity contribution < 1.29 is 4.74 Å². The van der Waals surface area contributed by atoms with Crippen molar-refractivity contribution in [2.24, 2.45) is 7.05 Å². The maximum absolute atomic E-state index is 5.42. The summed E-state index contributed by atoms with van der Waals surface area (Å²) in [6, 6.07) is 8.56. The van der Waals surface area contributed by atoms with Crippen LogP contribution in [0.25, 0.3) is 0 Å². The largest absolute Gasteiger partial charge is 0.493 e. The van der Waals surface area contributed by atoms with E-state index in [4.69, 9.17) is 4.74 Å². The Morgan fingerprint density at radius 2 is 2.22 bits per heavy atom. The molecular weight excluding hydrogens is 226 g/mol. The summed E-state index contributed by atoms with van der Waals surface area (Å²) < 4.78 is 7.33. The molecule has 0 spiro atoms. The highest BCUT2D eigenvalue weighted by Gasteiger charge is 2.26. The summed E-state index contributed by atoms with van der Waals surface area (Å²) in [4.78, 5) is 0. The van der Waals surface area contributed by atoms with E-state index < -0.39 is 0 Å². The number of fused-ring (bicyclic) bond motifs is 1. The van der Waals surface area contributed by atoms with E-state index in [0.717, 1.165) is 24.5 Å². The predicted molar refractivity (Wildman–Crippen MR) is 69.8 cm³/mol. The zero-order valence-corrected chi connectivity index (χ0v) is 10.7. The van der Waals surface area contributed by atoms with Gasteiger partial charge in [-0.25, -0.2) is 0 Å². The van der Waals surface area contributed by atoms with Gasteiger partial charge in [0.1, 0.15) is 0 Å². The van der Waals surface area contributed by atoms with Crippen LogP contribution in [0.4, 0.5) is 0 Å². The predicted octanol–water partition coefficient (Wildman–Crippen LogP) is 1.66. The van der Waals surface area contributed by atoms with Crippen molar-refractivity contribution in [3.8, 4) is 5.75 Å². The number of benzene rings is 1. The summed E-state index contributed by atoms with van der Waals surface area (Å²) in [6.45, 7) is 1.86. The second kappa shape index (κ2) is 4.46. The van der Waals surface area contributed by atoms with Gasteiger partial charge in [0.2, 0.25) is 0 Å². The van der Waals surface area contributed by atoms with Crippen molar-refractivity contribution >= 4 is 0 Å². The topological polar surface area (TPSA) is 39.1 Å². The van der Waals surface area contributed by atoms with Crippen LogP contribution < -0.4 is 10.1 Å². The van der Waals surface area contributed by atoms with E-state index in [1.807, 2.05) is 11.7 Å². The molecule has 2 heterocycles. The van der Waals surface area contributed by atoms with Crippen LogP contribution in [0.2, 0.25) is 0 Å². The van der Waals surface area contributed by atoms with E-state index in [9.17, 15) is 0 Å². The number of ether oxygens (including phenoxy) is 1. The Hall–Kier alpha value is -1.81. The van der Waals surface area contributed by atoms with Gasteiger partial charge >= 0.3 is 0 Å². The van der Waals surface area contributed by atoms with E-state index in [0.29, 0.717) is 5.92 Å². The standard InChI is InChI=1S/C14H17N3O/c1-17-14(13(18-2)9-16-17)12-8-15-7-10-5-3-4-6-11(10)12/h3-6,9,12,15H,7-8H2,1-2H3. The van der Waals surface area contributed by atoms with E-state index in [1.165, 1.54) is 11.1 Å². The lowest BCUT2D eigenvalue weighted by Gasteiger charge is -2.27. The minimum Gasteiger partial charge on any atom is -0.493 e. The molecule has 0 saturated carbocycles. The third-order valence-corrected chi connectivity index (χ3v) is 3.59. The fraction of sp³-hybridized carbons (Fsp3) is 0.357. The van der Waals surface area contributed by atoms with Gasteiger partial charge in [0.15, 0.2) is 5.75 Å². The molecule has 4 heteroatoms. The molecule has 1 atom stereocenters. The molecule has 0 fully saturated rings. The van der Waals surface area contributed by atoms with Crippen LogP contribution in [0.3, 0.4) is 0 Å². The van der Waals surface area contributed by atoms with Crippen LogP contribution >= 0.6 is 0 Å². The van der Waals surface area contributed by atoms with Gasteiger partial charge in [-0.15, -0.1) is 0 Å². The average Bonchev–Trinajstić information content (AvgIpc) is 2.79. The van der Waals surface area contributed by atoms with Crippen molar-refractivity contribution in [1.82, 2.24) is 15.1 Å². The number of hydrogen-bond acceptors (Lipinski definition) is 3.